The van der Waals surface area contributed by atoms with Crippen molar-refractivity contribution in [2.24, 2.45) is 0 Å². The molecule has 2 aromatic rings. The molecule has 2 rings (SSSR count). The summed E-state index contributed by atoms with van der Waals surface area (Å²) in [6, 6.07) is 12.4. The highest BCUT2D eigenvalue weighted by atomic mass is 79.9. The number of hydrogen-bond donors (Lipinski definition) is 0. The molecule has 0 N–H and O–H groups in total. The lowest BCUT2D eigenvalue weighted by Gasteiger charge is -2.10. The molecule has 0 amide bonds. The first-order valence-corrected chi connectivity index (χ1v) is 6.47. The number of carbonyl (C=O) groups is 1. The highest BCUT2D eigenvalue weighted by molar-refractivity contribution is 9.10. The Hall–Kier alpha value is -1.32. The Bertz CT molecular complexity index is 596. The lowest BCUT2D eigenvalue weighted by molar-refractivity contribution is 0.101. The minimum absolute atomic E-state index is 0.0478. The van der Waals surface area contributed by atoms with Gasteiger partial charge in [0.05, 0.1) is 5.56 Å². The second-order valence-corrected chi connectivity index (χ2v) is 5.11. The van der Waals surface area contributed by atoms with Crippen LogP contribution >= 0.6 is 27.5 Å². The predicted octanol–water partition coefficient (Wildman–Crippen LogP) is 5.10. The van der Waals surface area contributed by atoms with Gasteiger partial charge in [-0.3, -0.25) is 4.79 Å². The molecule has 0 saturated heterocycles. The number of Topliss-reactive ketones (excluding diaryl/α,β-unsaturated/α-hetero) is 1. The Morgan fingerprint density at radius 3 is 2.67 bits per heavy atom. The molecule has 0 aliphatic carbocycles. The molecule has 18 heavy (non-hydrogen) atoms. The van der Waals surface area contributed by atoms with Crippen LogP contribution in [-0.2, 0) is 0 Å². The highest BCUT2D eigenvalue weighted by Gasteiger charge is 2.10. The normalized spacial score (nSPS) is 10.2. The minimum atomic E-state index is -0.0478. The number of ether oxygens (including phenoxy) is 1. The van der Waals surface area contributed by atoms with Crippen molar-refractivity contribution in [3.63, 3.8) is 0 Å². The molecule has 0 heterocycles. The van der Waals surface area contributed by atoms with E-state index in [1.165, 1.54) is 6.92 Å². The fraction of sp³-hybridized carbons (Fsp3) is 0.0714. The van der Waals surface area contributed by atoms with E-state index in [0.717, 1.165) is 4.47 Å². The van der Waals surface area contributed by atoms with Crippen LogP contribution in [0.1, 0.15) is 17.3 Å². The predicted molar refractivity (Wildman–Crippen MR) is 75.7 cm³/mol. The fourth-order valence-corrected chi connectivity index (χ4v) is 2.07. The maximum Gasteiger partial charge on any atom is 0.163 e. The number of carbonyl (C=O) groups excluding carboxylic acids is 1. The first-order chi connectivity index (χ1) is 8.56. The molecular formula is C14H10BrClO2. The third-order valence-corrected chi connectivity index (χ3v) is 3.07. The van der Waals surface area contributed by atoms with Crippen LogP contribution in [0, 0.1) is 0 Å². The van der Waals surface area contributed by atoms with Gasteiger partial charge in [0.25, 0.3) is 0 Å². The topological polar surface area (TPSA) is 26.3 Å². The summed E-state index contributed by atoms with van der Waals surface area (Å²) in [6.45, 7) is 1.51. The Labute approximate surface area is 119 Å². The molecule has 0 radical (unpaired) electrons. The van der Waals surface area contributed by atoms with Crippen molar-refractivity contribution in [2.45, 2.75) is 6.92 Å². The second-order valence-electron chi connectivity index (χ2n) is 3.76. The van der Waals surface area contributed by atoms with Crippen LogP contribution in [0.4, 0.5) is 0 Å². The van der Waals surface area contributed by atoms with E-state index in [-0.39, 0.29) is 5.78 Å². The second kappa shape index (κ2) is 5.55. The summed E-state index contributed by atoms with van der Waals surface area (Å²) in [6.07, 6.45) is 0. The van der Waals surface area contributed by atoms with Crippen LogP contribution in [0.5, 0.6) is 11.5 Å². The van der Waals surface area contributed by atoms with Gasteiger partial charge in [0.1, 0.15) is 11.5 Å². The van der Waals surface area contributed by atoms with Crippen molar-refractivity contribution < 1.29 is 9.53 Å². The smallest absolute Gasteiger partial charge is 0.163 e. The summed E-state index contributed by atoms with van der Waals surface area (Å²) in [5, 5.41) is 0.592. The molecule has 0 aliphatic heterocycles. The van der Waals surface area contributed by atoms with Crippen molar-refractivity contribution in [3.05, 3.63) is 57.5 Å². The van der Waals surface area contributed by atoms with Crippen LogP contribution in [0.2, 0.25) is 5.02 Å². The summed E-state index contributed by atoms with van der Waals surface area (Å²) in [5.74, 6) is 1.08. The van der Waals surface area contributed by atoms with Crippen LogP contribution < -0.4 is 4.74 Å². The average molecular weight is 326 g/mol. The summed E-state index contributed by atoms with van der Waals surface area (Å²) < 4.78 is 6.52. The van der Waals surface area contributed by atoms with E-state index in [0.29, 0.717) is 22.1 Å². The van der Waals surface area contributed by atoms with Crippen molar-refractivity contribution in [1.29, 1.82) is 0 Å². The van der Waals surface area contributed by atoms with Gasteiger partial charge in [-0.15, -0.1) is 0 Å². The van der Waals surface area contributed by atoms with E-state index in [1.807, 2.05) is 6.07 Å². The Morgan fingerprint density at radius 2 is 2.00 bits per heavy atom. The van der Waals surface area contributed by atoms with E-state index in [1.54, 1.807) is 36.4 Å². The quantitative estimate of drug-likeness (QED) is 0.734. The summed E-state index contributed by atoms with van der Waals surface area (Å²) in [4.78, 5) is 11.5. The number of benzene rings is 2. The van der Waals surface area contributed by atoms with Crippen molar-refractivity contribution in [3.8, 4) is 11.5 Å². The standard InChI is InChI=1S/C14H10BrClO2/c1-9(17)13-7-10(15)5-6-14(13)18-12-4-2-3-11(16)8-12/h2-8H,1H3. The minimum Gasteiger partial charge on any atom is -0.457 e. The van der Waals surface area contributed by atoms with Gasteiger partial charge in [-0.1, -0.05) is 33.6 Å². The molecule has 0 atom stereocenters. The lowest BCUT2D eigenvalue weighted by Crippen LogP contribution is -1.97. The third kappa shape index (κ3) is 3.12. The lowest BCUT2D eigenvalue weighted by atomic mass is 10.1. The molecule has 2 aromatic carbocycles. The number of halogens is 2. The maximum atomic E-state index is 11.5. The van der Waals surface area contributed by atoms with E-state index in [9.17, 15) is 4.79 Å². The molecule has 0 aliphatic rings. The summed E-state index contributed by atoms with van der Waals surface area (Å²) in [5.41, 5.74) is 0.532. The van der Waals surface area contributed by atoms with E-state index in [2.05, 4.69) is 15.9 Å². The highest BCUT2D eigenvalue weighted by Crippen LogP contribution is 2.29. The Morgan fingerprint density at radius 1 is 1.22 bits per heavy atom. The van der Waals surface area contributed by atoms with Gasteiger partial charge in [-0.2, -0.15) is 0 Å². The van der Waals surface area contributed by atoms with Crippen LogP contribution in [0.25, 0.3) is 0 Å². The summed E-state index contributed by atoms with van der Waals surface area (Å²) in [7, 11) is 0. The van der Waals surface area contributed by atoms with Crippen molar-refractivity contribution in [1.82, 2.24) is 0 Å². The molecule has 4 heteroatoms. The van der Waals surface area contributed by atoms with Crippen LogP contribution in [-0.4, -0.2) is 5.78 Å². The van der Waals surface area contributed by atoms with E-state index >= 15 is 0 Å². The first kappa shape index (κ1) is 13.1. The zero-order chi connectivity index (χ0) is 13.1. The van der Waals surface area contributed by atoms with Crippen molar-refractivity contribution >= 4 is 33.3 Å². The SMILES string of the molecule is CC(=O)c1cc(Br)ccc1Oc1cccc(Cl)c1. The van der Waals surface area contributed by atoms with Gasteiger partial charge in [-0.05, 0) is 43.3 Å². The monoisotopic (exact) mass is 324 g/mol. The van der Waals surface area contributed by atoms with Gasteiger partial charge < -0.3 is 4.74 Å². The number of rotatable bonds is 3. The van der Waals surface area contributed by atoms with E-state index in [4.69, 9.17) is 16.3 Å². The number of hydrogen-bond acceptors (Lipinski definition) is 2. The molecule has 92 valence electrons. The number of ketones is 1. The molecular weight excluding hydrogens is 316 g/mol. The Balaban J connectivity index is 2.37. The van der Waals surface area contributed by atoms with Gasteiger partial charge in [0.2, 0.25) is 0 Å². The first-order valence-electron chi connectivity index (χ1n) is 5.30. The third-order valence-electron chi connectivity index (χ3n) is 2.34. The zero-order valence-corrected chi connectivity index (χ0v) is 12.0. The van der Waals surface area contributed by atoms with E-state index < -0.39 is 0 Å². The Kier molecular flexibility index (Phi) is 4.04. The van der Waals surface area contributed by atoms with Gasteiger partial charge in [0, 0.05) is 9.50 Å². The zero-order valence-electron chi connectivity index (χ0n) is 9.61. The molecule has 0 fully saturated rings. The molecule has 0 spiro atoms. The van der Waals surface area contributed by atoms with Crippen molar-refractivity contribution in [2.75, 3.05) is 0 Å². The van der Waals surface area contributed by atoms with Crippen LogP contribution in [0.15, 0.2) is 46.9 Å². The van der Waals surface area contributed by atoms with Gasteiger partial charge in [0.15, 0.2) is 5.78 Å². The van der Waals surface area contributed by atoms with Gasteiger partial charge >= 0.3 is 0 Å². The molecule has 0 saturated carbocycles. The molecule has 0 bridgehead atoms. The molecule has 0 aromatic heterocycles. The molecule has 2 nitrogen and oxygen atoms in total. The average Bonchev–Trinajstić information content (AvgIpc) is 2.31. The largest absolute Gasteiger partial charge is 0.457 e. The summed E-state index contributed by atoms with van der Waals surface area (Å²) >= 11 is 9.22. The maximum absolute atomic E-state index is 11.5. The fourth-order valence-electron chi connectivity index (χ4n) is 1.52. The molecule has 0 unspecified atom stereocenters. The van der Waals surface area contributed by atoms with Gasteiger partial charge in [-0.25, -0.2) is 0 Å². The van der Waals surface area contributed by atoms with Crippen LogP contribution in [0.3, 0.4) is 0 Å².